The molecule has 2 fully saturated rings. The molecule has 2 aliphatic rings. The minimum Gasteiger partial charge on any atom is -0.508 e. The van der Waals surface area contributed by atoms with Crippen molar-refractivity contribution < 1.29 is 29.3 Å². The lowest BCUT2D eigenvalue weighted by Gasteiger charge is -2.27. The first-order chi connectivity index (χ1) is 20.9. The van der Waals surface area contributed by atoms with Crippen molar-refractivity contribution in [3.05, 3.63) is 107 Å². The smallest absolute Gasteiger partial charge is 0.238 e. The third-order valence-electron chi connectivity index (χ3n) is 7.52. The molecular formula is C33H30N2O6S2. The number of thioether (sulfide) groups is 2. The normalized spacial score (nSPS) is 18.4. The fraction of sp³-hybridized carbons (Fsp3) is 0.212. The number of anilines is 2. The average Bonchev–Trinajstić information content (AvgIpc) is 3.60. The summed E-state index contributed by atoms with van der Waals surface area (Å²) in [5.41, 5.74) is 5.31. The number of aromatic hydroxyl groups is 2. The molecule has 2 saturated heterocycles. The molecule has 8 nitrogen and oxygen atoms in total. The minimum absolute atomic E-state index is 0.00487. The van der Waals surface area contributed by atoms with E-state index in [2.05, 4.69) is 12.1 Å². The highest BCUT2D eigenvalue weighted by molar-refractivity contribution is 8.01. The van der Waals surface area contributed by atoms with Crippen LogP contribution in [0.25, 0.3) is 0 Å². The quantitative estimate of drug-likeness (QED) is 0.240. The second-order valence-corrected chi connectivity index (χ2v) is 12.4. The molecule has 2 amide bonds. The molecule has 2 aliphatic heterocycles. The van der Waals surface area contributed by atoms with Gasteiger partial charge in [-0.2, -0.15) is 0 Å². The Morgan fingerprint density at radius 3 is 1.42 bits per heavy atom. The summed E-state index contributed by atoms with van der Waals surface area (Å²) in [5, 5.41) is 19.0. The third-order valence-corrected chi connectivity index (χ3v) is 9.91. The van der Waals surface area contributed by atoms with E-state index in [1.807, 2.05) is 24.3 Å². The Hall–Kier alpha value is -4.28. The highest BCUT2D eigenvalue weighted by atomic mass is 32.2. The number of benzene rings is 4. The Labute approximate surface area is 258 Å². The Bertz CT molecular complexity index is 1540. The predicted molar refractivity (Wildman–Crippen MR) is 170 cm³/mol. The van der Waals surface area contributed by atoms with E-state index in [1.165, 1.54) is 0 Å². The third kappa shape index (κ3) is 5.72. The molecule has 43 heavy (non-hydrogen) atoms. The van der Waals surface area contributed by atoms with E-state index in [0.717, 1.165) is 22.3 Å². The summed E-state index contributed by atoms with van der Waals surface area (Å²) in [6, 6.07) is 25.4. The van der Waals surface area contributed by atoms with Gasteiger partial charge < -0.3 is 19.7 Å². The van der Waals surface area contributed by atoms with Crippen molar-refractivity contribution >= 4 is 46.7 Å². The Kier molecular flexibility index (Phi) is 8.14. The van der Waals surface area contributed by atoms with Crippen LogP contribution in [0.4, 0.5) is 11.4 Å². The second kappa shape index (κ2) is 12.1. The Balaban J connectivity index is 1.32. The van der Waals surface area contributed by atoms with Gasteiger partial charge in [0, 0.05) is 22.5 Å². The van der Waals surface area contributed by atoms with E-state index in [4.69, 9.17) is 9.47 Å². The predicted octanol–water partition coefficient (Wildman–Crippen LogP) is 6.26. The van der Waals surface area contributed by atoms with Gasteiger partial charge in [0.1, 0.15) is 33.7 Å². The zero-order valence-electron chi connectivity index (χ0n) is 23.6. The number of phenols is 2. The van der Waals surface area contributed by atoms with Crippen LogP contribution >= 0.6 is 23.5 Å². The number of rotatable bonds is 8. The van der Waals surface area contributed by atoms with E-state index in [0.29, 0.717) is 40.8 Å². The van der Waals surface area contributed by atoms with Crippen LogP contribution in [0.1, 0.15) is 33.0 Å². The SMILES string of the molecule is COc1ccc(Cc2ccc(OC)c(C3SCC(=O)N3c3ccc(O)cc3)c2)cc1C1SCC(=O)N1c1ccc(O)cc1. The summed E-state index contributed by atoms with van der Waals surface area (Å²) in [5.74, 6) is 2.35. The molecule has 6 rings (SSSR count). The van der Waals surface area contributed by atoms with Crippen LogP contribution in [0.2, 0.25) is 0 Å². The first-order valence-corrected chi connectivity index (χ1v) is 15.7. The number of nitrogens with zero attached hydrogens (tertiary/aromatic N) is 2. The van der Waals surface area contributed by atoms with Gasteiger partial charge in [-0.3, -0.25) is 19.4 Å². The van der Waals surface area contributed by atoms with E-state index >= 15 is 0 Å². The van der Waals surface area contributed by atoms with Crippen LogP contribution < -0.4 is 19.3 Å². The van der Waals surface area contributed by atoms with Gasteiger partial charge in [-0.1, -0.05) is 12.1 Å². The van der Waals surface area contributed by atoms with Gasteiger partial charge >= 0.3 is 0 Å². The number of carbonyl (C=O) groups is 2. The summed E-state index contributed by atoms with van der Waals surface area (Å²) < 4.78 is 11.5. The van der Waals surface area contributed by atoms with Crippen molar-refractivity contribution in [3.63, 3.8) is 0 Å². The monoisotopic (exact) mass is 614 g/mol. The first kappa shape index (κ1) is 28.8. The molecule has 4 aromatic carbocycles. The van der Waals surface area contributed by atoms with Crippen LogP contribution in [0, 0.1) is 0 Å². The summed E-state index contributed by atoms with van der Waals surface area (Å²) in [7, 11) is 3.25. The molecule has 2 N–H and O–H groups in total. The molecule has 0 aliphatic carbocycles. The molecule has 0 aromatic heterocycles. The van der Waals surface area contributed by atoms with Crippen molar-refractivity contribution in [1.29, 1.82) is 0 Å². The molecule has 10 heteroatoms. The van der Waals surface area contributed by atoms with E-state index in [-0.39, 0.29) is 34.1 Å². The fourth-order valence-corrected chi connectivity index (χ4v) is 7.89. The van der Waals surface area contributed by atoms with E-state index < -0.39 is 0 Å². The highest BCUT2D eigenvalue weighted by Gasteiger charge is 2.37. The number of hydrogen-bond donors (Lipinski definition) is 2. The van der Waals surface area contributed by atoms with Gasteiger partial charge in [0.05, 0.1) is 25.7 Å². The standard InChI is InChI=1S/C33H30N2O6S2/c1-40-28-13-3-20(16-26(28)32-34(30(38)18-42-32)22-5-9-24(36)10-6-22)15-21-4-14-29(41-2)27(17-21)33-35(31(39)19-43-33)23-7-11-25(37)12-8-23/h3-14,16-17,32-33,36-37H,15,18-19H2,1-2H3. The lowest BCUT2D eigenvalue weighted by atomic mass is 9.99. The molecule has 0 bridgehead atoms. The van der Waals surface area contributed by atoms with Crippen LogP contribution in [0.5, 0.6) is 23.0 Å². The molecule has 2 heterocycles. The highest BCUT2D eigenvalue weighted by Crippen LogP contribution is 2.47. The molecule has 0 spiro atoms. The van der Waals surface area contributed by atoms with Gasteiger partial charge in [0.2, 0.25) is 11.8 Å². The first-order valence-electron chi connectivity index (χ1n) is 13.7. The Morgan fingerprint density at radius 1 is 0.651 bits per heavy atom. The zero-order chi connectivity index (χ0) is 30.1. The largest absolute Gasteiger partial charge is 0.508 e. The van der Waals surface area contributed by atoms with Crippen LogP contribution in [-0.2, 0) is 16.0 Å². The van der Waals surface area contributed by atoms with Crippen LogP contribution in [0.15, 0.2) is 84.9 Å². The lowest BCUT2D eigenvalue weighted by molar-refractivity contribution is -0.116. The lowest BCUT2D eigenvalue weighted by Crippen LogP contribution is -2.28. The van der Waals surface area contributed by atoms with Crippen molar-refractivity contribution in [2.45, 2.75) is 17.2 Å². The summed E-state index contributed by atoms with van der Waals surface area (Å²) >= 11 is 3.08. The van der Waals surface area contributed by atoms with E-state index in [1.54, 1.807) is 96.1 Å². The van der Waals surface area contributed by atoms with Crippen molar-refractivity contribution in [2.24, 2.45) is 0 Å². The molecule has 220 valence electrons. The number of ether oxygens (including phenoxy) is 2. The maximum atomic E-state index is 13.0. The van der Waals surface area contributed by atoms with Crippen molar-refractivity contribution in [3.8, 4) is 23.0 Å². The van der Waals surface area contributed by atoms with E-state index in [9.17, 15) is 19.8 Å². The number of hydrogen-bond acceptors (Lipinski definition) is 8. The van der Waals surface area contributed by atoms with Gasteiger partial charge in [-0.05, 0) is 90.3 Å². The number of phenolic OH excluding ortho intramolecular Hbond substituents is 2. The zero-order valence-corrected chi connectivity index (χ0v) is 25.2. The van der Waals surface area contributed by atoms with Crippen LogP contribution in [-0.4, -0.2) is 47.8 Å². The number of amides is 2. The molecule has 2 atom stereocenters. The summed E-state index contributed by atoms with van der Waals surface area (Å²) in [6.45, 7) is 0. The molecule has 0 saturated carbocycles. The Morgan fingerprint density at radius 2 is 1.05 bits per heavy atom. The summed E-state index contributed by atoms with van der Waals surface area (Å²) in [6.07, 6.45) is 0.614. The maximum absolute atomic E-state index is 13.0. The van der Waals surface area contributed by atoms with Crippen molar-refractivity contribution in [1.82, 2.24) is 0 Å². The van der Waals surface area contributed by atoms with Gasteiger partial charge in [0.15, 0.2) is 0 Å². The minimum atomic E-state index is -0.280. The topological polar surface area (TPSA) is 99.5 Å². The molecule has 4 aromatic rings. The van der Waals surface area contributed by atoms with Crippen molar-refractivity contribution in [2.75, 3.05) is 35.5 Å². The summed E-state index contributed by atoms with van der Waals surface area (Å²) in [4.78, 5) is 29.4. The number of carbonyl (C=O) groups excluding carboxylic acids is 2. The molecule has 0 radical (unpaired) electrons. The fourth-order valence-electron chi connectivity index (χ4n) is 5.50. The van der Waals surface area contributed by atoms with Gasteiger partial charge in [-0.15, -0.1) is 23.5 Å². The average molecular weight is 615 g/mol. The molecular weight excluding hydrogens is 585 g/mol. The molecule has 2 unspecified atom stereocenters. The van der Waals surface area contributed by atoms with Crippen LogP contribution in [0.3, 0.4) is 0 Å². The second-order valence-electron chi connectivity index (χ2n) is 10.2. The van der Waals surface area contributed by atoms with Gasteiger partial charge in [-0.25, -0.2) is 0 Å². The number of methoxy groups -OCH3 is 2. The van der Waals surface area contributed by atoms with Gasteiger partial charge in [0.25, 0.3) is 0 Å². The maximum Gasteiger partial charge on any atom is 0.238 e.